The number of aromatic amines is 1. The Labute approximate surface area is 120 Å². The molecule has 1 unspecified atom stereocenters. The summed E-state index contributed by atoms with van der Waals surface area (Å²) in [6, 6.07) is 2.08. The highest BCUT2D eigenvalue weighted by molar-refractivity contribution is 5.84. The van der Waals surface area contributed by atoms with E-state index in [0.717, 1.165) is 24.3 Å². The van der Waals surface area contributed by atoms with E-state index in [1.165, 1.54) is 10.9 Å². The van der Waals surface area contributed by atoms with Crippen molar-refractivity contribution >= 4 is 16.8 Å². The lowest BCUT2D eigenvalue weighted by atomic mass is 9.96. The van der Waals surface area contributed by atoms with Crippen molar-refractivity contribution in [1.29, 1.82) is 0 Å². The molecule has 20 heavy (non-hydrogen) atoms. The van der Waals surface area contributed by atoms with Crippen molar-refractivity contribution in [3.8, 4) is 0 Å². The molecular weight excluding hydrogens is 250 g/mol. The fourth-order valence-corrected chi connectivity index (χ4v) is 2.63. The number of pyridine rings is 1. The predicted octanol–water partition coefficient (Wildman–Crippen LogP) is 3.23. The molecule has 0 aliphatic heterocycles. The molecule has 2 aromatic heterocycles. The zero-order valence-electron chi connectivity index (χ0n) is 12.7. The van der Waals surface area contributed by atoms with Crippen LogP contribution in [0.5, 0.6) is 0 Å². The molecule has 4 heteroatoms. The number of carbonyl (C=O) groups is 1. The Bertz CT molecular complexity index is 599. The van der Waals surface area contributed by atoms with Gasteiger partial charge in [0.25, 0.3) is 0 Å². The molecule has 0 bridgehead atoms. The van der Waals surface area contributed by atoms with Crippen LogP contribution in [0.3, 0.4) is 0 Å². The minimum Gasteiger partial charge on any atom is -0.360 e. The van der Waals surface area contributed by atoms with E-state index >= 15 is 0 Å². The lowest BCUT2D eigenvalue weighted by Crippen LogP contribution is -2.31. The maximum Gasteiger partial charge on any atom is 0.223 e. The highest BCUT2D eigenvalue weighted by atomic mass is 16.2. The smallest absolute Gasteiger partial charge is 0.223 e. The van der Waals surface area contributed by atoms with Gasteiger partial charge in [0.05, 0.1) is 11.7 Å². The van der Waals surface area contributed by atoms with Gasteiger partial charge in [0.1, 0.15) is 0 Å². The van der Waals surface area contributed by atoms with Crippen molar-refractivity contribution < 1.29 is 4.79 Å². The van der Waals surface area contributed by atoms with Crippen molar-refractivity contribution in [1.82, 2.24) is 14.9 Å². The molecule has 0 radical (unpaired) electrons. The summed E-state index contributed by atoms with van der Waals surface area (Å²) >= 11 is 0. The van der Waals surface area contributed by atoms with E-state index in [2.05, 4.69) is 23.0 Å². The fraction of sp³-hybridized carbons (Fsp3) is 0.500. The molecule has 108 valence electrons. The number of H-pyrrole nitrogens is 1. The summed E-state index contributed by atoms with van der Waals surface area (Å²) in [5.41, 5.74) is 3.24. The second-order valence-corrected chi connectivity index (χ2v) is 5.29. The van der Waals surface area contributed by atoms with Crippen LogP contribution >= 0.6 is 0 Å². The van der Waals surface area contributed by atoms with Crippen LogP contribution in [-0.2, 0) is 4.79 Å². The molecule has 0 saturated carbocycles. The number of fused-ring (bicyclic) bond motifs is 1. The summed E-state index contributed by atoms with van der Waals surface area (Å²) in [5, 5.41) is 1.18. The van der Waals surface area contributed by atoms with Crippen LogP contribution < -0.4 is 0 Å². The Hall–Kier alpha value is -1.84. The van der Waals surface area contributed by atoms with Gasteiger partial charge in [-0.15, -0.1) is 0 Å². The first-order valence-electron chi connectivity index (χ1n) is 7.28. The van der Waals surface area contributed by atoms with Crippen LogP contribution in [-0.4, -0.2) is 33.9 Å². The third-order valence-corrected chi connectivity index (χ3v) is 3.86. The largest absolute Gasteiger partial charge is 0.360 e. The molecule has 1 N–H and O–H groups in total. The normalized spacial score (nSPS) is 12.6. The summed E-state index contributed by atoms with van der Waals surface area (Å²) in [6.45, 7) is 9.69. The van der Waals surface area contributed by atoms with E-state index in [4.69, 9.17) is 0 Å². The number of carbonyl (C=O) groups excluding carboxylic acids is 1. The van der Waals surface area contributed by atoms with Gasteiger partial charge in [0, 0.05) is 36.8 Å². The second kappa shape index (κ2) is 6.07. The Morgan fingerprint density at radius 2 is 2.10 bits per heavy atom. The van der Waals surface area contributed by atoms with Crippen LogP contribution in [0.15, 0.2) is 18.5 Å². The van der Waals surface area contributed by atoms with Crippen LogP contribution in [0.25, 0.3) is 10.9 Å². The second-order valence-electron chi connectivity index (χ2n) is 5.29. The molecular formula is C16H23N3O. The zero-order chi connectivity index (χ0) is 14.7. The molecule has 2 rings (SSSR count). The summed E-state index contributed by atoms with van der Waals surface area (Å²) in [5.74, 6) is 0.432. The third kappa shape index (κ3) is 2.84. The molecule has 0 aromatic carbocycles. The number of nitrogens with zero attached hydrogens (tertiary/aromatic N) is 2. The lowest BCUT2D eigenvalue weighted by molar-refractivity contribution is -0.131. The van der Waals surface area contributed by atoms with E-state index in [0.29, 0.717) is 6.42 Å². The summed E-state index contributed by atoms with van der Waals surface area (Å²) in [7, 11) is 0. The first-order valence-corrected chi connectivity index (χ1v) is 7.28. The highest BCUT2D eigenvalue weighted by Crippen LogP contribution is 2.28. The van der Waals surface area contributed by atoms with Gasteiger partial charge in [-0.25, -0.2) is 0 Å². The molecule has 0 spiro atoms. The average molecular weight is 273 g/mol. The van der Waals surface area contributed by atoms with Crippen molar-refractivity contribution in [3.63, 3.8) is 0 Å². The number of hydrogen-bond donors (Lipinski definition) is 1. The van der Waals surface area contributed by atoms with Gasteiger partial charge in [0.15, 0.2) is 0 Å². The minimum atomic E-state index is 0.207. The number of aryl methyl sites for hydroxylation is 1. The standard InChI is InChI=1S/C16H23N3O/c1-5-19(6-2)16(20)7-11(3)14-9-18-15-10-17-12(4)8-13(14)15/h8-11,18H,5-7H2,1-4H3. The number of rotatable bonds is 5. The van der Waals surface area contributed by atoms with Crippen LogP contribution in [0, 0.1) is 6.92 Å². The molecule has 0 aliphatic carbocycles. The number of hydrogen-bond acceptors (Lipinski definition) is 2. The molecule has 2 heterocycles. The SMILES string of the molecule is CCN(CC)C(=O)CC(C)c1c[nH]c2cnc(C)cc12. The number of nitrogens with one attached hydrogen (secondary N) is 1. The Balaban J connectivity index is 2.21. The monoisotopic (exact) mass is 273 g/mol. The van der Waals surface area contributed by atoms with Gasteiger partial charge >= 0.3 is 0 Å². The summed E-state index contributed by atoms with van der Waals surface area (Å²) in [6.07, 6.45) is 4.41. The van der Waals surface area contributed by atoms with Crippen molar-refractivity contribution in [2.45, 2.75) is 40.0 Å². The van der Waals surface area contributed by atoms with Crippen LogP contribution in [0.4, 0.5) is 0 Å². The minimum absolute atomic E-state index is 0.207. The van der Waals surface area contributed by atoms with Crippen LogP contribution in [0.1, 0.15) is 44.4 Å². The van der Waals surface area contributed by atoms with Crippen molar-refractivity contribution in [3.05, 3.63) is 29.7 Å². The van der Waals surface area contributed by atoms with E-state index in [-0.39, 0.29) is 11.8 Å². The van der Waals surface area contributed by atoms with Crippen LogP contribution in [0.2, 0.25) is 0 Å². The van der Waals surface area contributed by atoms with Gasteiger partial charge in [-0.2, -0.15) is 0 Å². The molecule has 1 amide bonds. The average Bonchev–Trinajstić information content (AvgIpc) is 2.82. The Morgan fingerprint density at radius 1 is 1.40 bits per heavy atom. The van der Waals surface area contributed by atoms with Crippen molar-refractivity contribution in [2.75, 3.05) is 13.1 Å². The first kappa shape index (κ1) is 14.6. The molecule has 2 aromatic rings. The fourth-order valence-electron chi connectivity index (χ4n) is 2.63. The third-order valence-electron chi connectivity index (χ3n) is 3.86. The predicted molar refractivity (Wildman–Crippen MR) is 81.8 cm³/mol. The van der Waals surface area contributed by atoms with Gasteiger partial charge in [-0.05, 0) is 38.3 Å². The van der Waals surface area contributed by atoms with E-state index < -0.39 is 0 Å². The number of aromatic nitrogens is 2. The zero-order valence-corrected chi connectivity index (χ0v) is 12.7. The maximum absolute atomic E-state index is 12.2. The van der Waals surface area contributed by atoms with Gasteiger partial charge in [-0.3, -0.25) is 9.78 Å². The quantitative estimate of drug-likeness (QED) is 0.909. The molecule has 0 aliphatic rings. The van der Waals surface area contributed by atoms with Gasteiger partial charge in [-0.1, -0.05) is 6.92 Å². The summed E-state index contributed by atoms with van der Waals surface area (Å²) in [4.78, 5) is 21.6. The molecule has 4 nitrogen and oxygen atoms in total. The summed E-state index contributed by atoms with van der Waals surface area (Å²) < 4.78 is 0. The molecule has 0 fully saturated rings. The Morgan fingerprint density at radius 3 is 2.75 bits per heavy atom. The maximum atomic E-state index is 12.2. The molecule has 1 atom stereocenters. The van der Waals surface area contributed by atoms with E-state index in [1.54, 1.807) is 0 Å². The topological polar surface area (TPSA) is 49.0 Å². The van der Waals surface area contributed by atoms with E-state index in [1.807, 2.05) is 38.1 Å². The van der Waals surface area contributed by atoms with Gasteiger partial charge < -0.3 is 9.88 Å². The van der Waals surface area contributed by atoms with Crippen molar-refractivity contribution in [2.24, 2.45) is 0 Å². The lowest BCUT2D eigenvalue weighted by Gasteiger charge is -2.20. The Kier molecular flexibility index (Phi) is 4.42. The van der Waals surface area contributed by atoms with E-state index in [9.17, 15) is 4.79 Å². The first-order chi connectivity index (χ1) is 9.56. The number of amides is 1. The van der Waals surface area contributed by atoms with Gasteiger partial charge in [0.2, 0.25) is 5.91 Å². The molecule has 0 saturated heterocycles. The highest BCUT2D eigenvalue weighted by Gasteiger charge is 2.18.